The number of methoxy groups -OCH3 is 2. The lowest BCUT2D eigenvalue weighted by Crippen LogP contribution is -2.27. The number of hydrogen-bond donors (Lipinski definition) is 2. The minimum atomic E-state index is -0.572. The van der Waals surface area contributed by atoms with E-state index in [9.17, 15) is 15.0 Å². The second-order valence-electron chi connectivity index (χ2n) is 3.90. The van der Waals surface area contributed by atoms with Crippen LogP contribution in [0.5, 0.6) is 5.75 Å². The maximum atomic E-state index is 11.4. The molecule has 0 bridgehead atoms. The van der Waals surface area contributed by atoms with Gasteiger partial charge in [-0.25, -0.2) is 0 Å². The van der Waals surface area contributed by atoms with E-state index in [1.54, 1.807) is 18.2 Å². The van der Waals surface area contributed by atoms with E-state index in [1.807, 2.05) is 0 Å². The summed E-state index contributed by atoms with van der Waals surface area (Å²) in [6.45, 7) is -0.244. The van der Waals surface area contributed by atoms with Gasteiger partial charge in [0.25, 0.3) is 0 Å². The quantitative estimate of drug-likeness (QED) is 0.742. The Labute approximate surface area is 106 Å². The number of hydrogen-bond acceptors (Lipinski definition) is 5. The molecule has 5 nitrogen and oxygen atoms in total. The van der Waals surface area contributed by atoms with Gasteiger partial charge >= 0.3 is 5.97 Å². The fraction of sp³-hybridized carbons (Fsp3) is 0.462. The lowest BCUT2D eigenvalue weighted by atomic mass is 9.89. The molecule has 1 aromatic carbocycles. The Hall–Kier alpha value is -1.59. The molecule has 18 heavy (non-hydrogen) atoms. The number of ether oxygens (including phenoxy) is 2. The SMILES string of the molecule is COC(=O)CC(c1ccccc1O)C(CO)OC. The summed E-state index contributed by atoms with van der Waals surface area (Å²) in [7, 11) is 2.75. The van der Waals surface area contributed by atoms with E-state index in [1.165, 1.54) is 20.3 Å². The first kappa shape index (κ1) is 14.5. The van der Waals surface area contributed by atoms with Gasteiger partial charge in [0.05, 0.1) is 26.2 Å². The minimum absolute atomic E-state index is 0.0349. The first-order valence-corrected chi connectivity index (χ1v) is 5.62. The first-order chi connectivity index (χ1) is 8.63. The van der Waals surface area contributed by atoms with E-state index in [4.69, 9.17) is 4.74 Å². The highest BCUT2D eigenvalue weighted by Gasteiger charge is 2.27. The molecule has 2 atom stereocenters. The van der Waals surface area contributed by atoms with E-state index >= 15 is 0 Å². The molecule has 5 heteroatoms. The second-order valence-corrected chi connectivity index (χ2v) is 3.90. The van der Waals surface area contributed by atoms with Gasteiger partial charge in [0, 0.05) is 18.6 Å². The highest BCUT2D eigenvalue weighted by atomic mass is 16.5. The summed E-state index contributed by atoms with van der Waals surface area (Å²) in [5, 5.41) is 19.1. The topological polar surface area (TPSA) is 76.0 Å². The number of phenols is 1. The van der Waals surface area contributed by atoms with E-state index < -0.39 is 18.0 Å². The van der Waals surface area contributed by atoms with Crippen LogP contribution in [0.1, 0.15) is 17.9 Å². The van der Waals surface area contributed by atoms with Crippen molar-refractivity contribution in [1.82, 2.24) is 0 Å². The maximum Gasteiger partial charge on any atom is 0.306 e. The molecule has 0 saturated heterocycles. The summed E-state index contributed by atoms with van der Waals surface area (Å²) in [5.74, 6) is -0.797. The van der Waals surface area contributed by atoms with Crippen LogP contribution in [-0.2, 0) is 14.3 Å². The van der Waals surface area contributed by atoms with E-state index in [2.05, 4.69) is 4.74 Å². The number of carbonyl (C=O) groups is 1. The molecular formula is C13H18O5. The standard InChI is InChI=1S/C13H18O5/c1-17-12(8-14)10(7-13(16)18-2)9-5-3-4-6-11(9)15/h3-6,10,12,14-15H,7-8H2,1-2H3. The molecule has 0 aliphatic heterocycles. The number of phenolic OH excluding ortho intramolecular Hbond substituents is 1. The number of aromatic hydroxyl groups is 1. The van der Waals surface area contributed by atoms with Gasteiger partial charge in [-0.2, -0.15) is 0 Å². The smallest absolute Gasteiger partial charge is 0.306 e. The molecule has 1 rings (SSSR count). The molecule has 0 fully saturated rings. The number of benzene rings is 1. The van der Waals surface area contributed by atoms with Crippen molar-refractivity contribution in [2.45, 2.75) is 18.4 Å². The molecule has 2 N–H and O–H groups in total. The lowest BCUT2D eigenvalue weighted by Gasteiger charge is -2.24. The molecule has 0 spiro atoms. The molecule has 0 aliphatic rings. The van der Waals surface area contributed by atoms with Crippen molar-refractivity contribution in [2.24, 2.45) is 0 Å². The van der Waals surface area contributed by atoms with Crippen molar-refractivity contribution < 1.29 is 24.5 Å². The van der Waals surface area contributed by atoms with Gasteiger partial charge in [-0.05, 0) is 6.07 Å². The third-order valence-electron chi connectivity index (χ3n) is 2.88. The average molecular weight is 254 g/mol. The van der Waals surface area contributed by atoms with Crippen molar-refractivity contribution >= 4 is 5.97 Å². The number of aliphatic hydroxyl groups excluding tert-OH is 1. The zero-order chi connectivity index (χ0) is 13.5. The Morgan fingerprint density at radius 2 is 2.00 bits per heavy atom. The summed E-state index contributed by atoms with van der Waals surface area (Å²) >= 11 is 0. The molecule has 1 aromatic rings. The van der Waals surface area contributed by atoms with Crippen molar-refractivity contribution in [3.05, 3.63) is 29.8 Å². The highest BCUT2D eigenvalue weighted by molar-refractivity contribution is 5.70. The van der Waals surface area contributed by atoms with Gasteiger partial charge < -0.3 is 19.7 Å². The van der Waals surface area contributed by atoms with Gasteiger partial charge in [-0.15, -0.1) is 0 Å². The molecular weight excluding hydrogens is 236 g/mol. The van der Waals surface area contributed by atoms with E-state index in [0.717, 1.165) is 0 Å². The summed E-state index contributed by atoms with van der Waals surface area (Å²) in [5.41, 5.74) is 0.559. The summed E-state index contributed by atoms with van der Waals surface area (Å²) in [6.07, 6.45) is -0.537. The number of carbonyl (C=O) groups excluding carboxylic acids is 1. The number of esters is 1. The number of para-hydroxylation sites is 1. The molecule has 0 saturated carbocycles. The molecule has 2 unspecified atom stereocenters. The highest BCUT2D eigenvalue weighted by Crippen LogP contribution is 2.32. The zero-order valence-corrected chi connectivity index (χ0v) is 10.5. The van der Waals surface area contributed by atoms with Gasteiger partial charge in [0.2, 0.25) is 0 Å². The molecule has 0 radical (unpaired) electrons. The monoisotopic (exact) mass is 254 g/mol. The van der Waals surface area contributed by atoms with Crippen LogP contribution in [0.4, 0.5) is 0 Å². The van der Waals surface area contributed by atoms with Crippen LogP contribution in [-0.4, -0.2) is 43.1 Å². The average Bonchev–Trinajstić information content (AvgIpc) is 2.39. The Bertz CT molecular complexity index is 387. The molecule has 100 valence electrons. The molecule has 0 amide bonds. The number of rotatable bonds is 6. The Morgan fingerprint density at radius 3 is 2.50 bits per heavy atom. The first-order valence-electron chi connectivity index (χ1n) is 5.62. The predicted molar refractivity (Wildman–Crippen MR) is 65.4 cm³/mol. The summed E-state index contributed by atoms with van der Waals surface area (Å²) in [6, 6.07) is 6.67. The van der Waals surface area contributed by atoms with Gasteiger partial charge in [0.15, 0.2) is 0 Å². The van der Waals surface area contributed by atoms with Crippen LogP contribution in [0.3, 0.4) is 0 Å². The van der Waals surface area contributed by atoms with E-state index in [0.29, 0.717) is 5.56 Å². The normalized spacial score (nSPS) is 13.9. The third kappa shape index (κ3) is 3.45. The van der Waals surface area contributed by atoms with Gasteiger partial charge in [-0.1, -0.05) is 18.2 Å². The Morgan fingerprint density at radius 1 is 1.33 bits per heavy atom. The molecule has 0 heterocycles. The Balaban J connectivity index is 3.03. The van der Waals surface area contributed by atoms with Crippen molar-refractivity contribution in [3.8, 4) is 5.75 Å². The van der Waals surface area contributed by atoms with Crippen LogP contribution in [0, 0.1) is 0 Å². The number of aliphatic hydroxyl groups is 1. The summed E-state index contributed by atoms with van der Waals surface area (Å²) in [4.78, 5) is 11.4. The predicted octanol–water partition coefficient (Wildman–Crippen LogP) is 1.05. The largest absolute Gasteiger partial charge is 0.508 e. The van der Waals surface area contributed by atoms with Crippen LogP contribution in [0.15, 0.2) is 24.3 Å². The Kier molecular flexibility index (Phi) is 5.61. The van der Waals surface area contributed by atoms with Crippen molar-refractivity contribution in [3.63, 3.8) is 0 Å². The fourth-order valence-corrected chi connectivity index (χ4v) is 1.87. The van der Waals surface area contributed by atoms with Crippen LogP contribution < -0.4 is 0 Å². The van der Waals surface area contributed by atoms with Gasteiger partial charge in [-0.3, -0.25) is 4.79 Å². The van der Waals surface area contributed by atoms with Crippen molar-refractivity contribution in [2.75, 3.05) is 20.8 Å². The van der Waals surface area contributed by atoms with Gasteiger partial charge in [0.1, 0.15) is 5.75 Å². The fourth-order valence-electron chi connectivity index (χ4n) is 1.87. The van der Waals surface area contributed by atoms with Crippen LogP contribution in [0.2, 0.25) is 0 Å². The summed E-state index contributed by atoms with van der Waals surface area (Å²) < 4.78 is 9.77. The molecule has 0 aliphatic carbocycles. The van der Waals surface area contributed by atoms with E-state index in [-0.39, 0.29) is 18.8 Å². The minimum Gasteiger partial charge on any atom is -0.508 e. The maximum absolute atomic E-state index is 11.4. The molecule has 0 aromatic heterocycles. The van der Waals surface area contributed by atoms with Crippen LogP contribution >= 0.6 is 0 Å². The van der Waals surface area contributed by atoms with Crippen molar-refractivity contribution in [1.29, 1.82) is 0 Å². The zero-order valence-electron chi connectivity index (χ0n) is 10.5. The van der Waals surface area contributed by atoms with Crippen LogP contribution in [0.25, 0.3) is 0 Å². The second kappa shape index (κ2) is 6.98. The third-order valence-corrected chi connectivity index (χ3v) is 2.88. The lowest BCUT2D eigenvalue weighted by molar-refractivity contribution is -0.142.